The number of thiazole rings is 1. The van der Waals surface area contributed by atoms with Gasteiger partial charge in [-0.3, -0.25) is 15.0 Å². The highest BCUT2D eigenvalue weighted by Crippen LogP contribution is 2.38. The van der Waals surface area contributed by atoms with Crippen molar-refractivity contribution in [3.8, 4) is 11.7 Å². The van der Waals surface area contributed by atoms with E-state index >= 15 is 0 Å². The summed E-state index contributed by atoms with van der Waals surface area (Å²) in [7, 11) is -1.88. The molecule has 0 radical (unpaired) electrons. The number of nitrogens with zero attached hydrogens (tertiary/aromatic N) is 7. The van der Waals surface area contributed by atoms with E-state index in [1.807, 2.05) is 6.92 Å². The number of aryl methyl sites for hydroxylation is 1. The summed E-state index contributed by atoms with van der Waals surface area (Å²) in [5.41, 5.74) is 0.465. The number of amides is 1. The standard InChI is InChI=1S/C26H33ClN8O3SSi/c1-16-10-29-25(39-16)33-23(36)20(14-34-12-17(13-34)38-40(5,6)26(2,3)4)37-24-18-11-32-35(21(18)30-15-31-24)22-19(27)8-7-9-28-22/h7-11,15,17,20H,12-14H2,1-6H3,(H,29,33,36)/t20-/m0/s1. The fourth-order valence-corrected chi connectivity index (χ4v) is 6.29. The molecule has 4 aromatic heterocycles. The van der Waals surface area contributed by atoms with E-state index in [1.165, 1.54) is 22.3 Å². The quantitative estimate of drug-likeness (QED) is 0.272. The molecule has 0 saturated carbocycles. The molecule has 1 saturated heterocycles. The minimum Gasteiger partial charge on any atom is -0.462 e. The molecule has 14 heteroatoms. The Hall–Kier alpha value is -2.97. The van der Waals surface area contributed by atoms with E-state index < -0.39 is 14.4 Å². The van der Waals surface area contributed by atoms with E-state index in [0.29, 0.717) is 33.6 Å². The number of carbonyl (C=O) groups excluding carboxylic acids is 1. The van der Waals surface area contributed by atoms with Crippen molar-refractivity contribution in [1.82, 2.24) is 34.6 Å². The molecule has 1 fully saturated rings. The fourth-order valence-electron chi connectivity index (χ4n) is 4.09. The number of rotatable bonds is 9. The van der Waals surface area contributed by atoms with Gasteiger partial charge in [-0.25, -0.2) is 19.9 Å². The Morgan fingerprint density at radius 3 is 2.67 bits per heavy atom. The molecule has 0 aliphatic carbocycles. The second-order valence-corrected chi connectivity index (χ2v) is 17.8. The van der Waals surface area contributed by atoms with Crippen LogP contribution in [0.5, 0.6) is 5.88 Å². The van der Waals surface area contributed by atoms with Crippen LogP contribution in [0.4, 0.5) is 5.13 Å². The van der Waals surface area contributed by atoms with Gasteiger partial charge in [-0.2, -0.15) is 9.78 Å². The van der Waals surface area contributed by atoms with Crippen LogP contribution < -0.4 is 10.1 Å². The highest BCUT2D eigenvalue weighted by atomic mass is 35.5. The molecule has 4 aromatic rings. The van der Waals surface area contributed by atoms with Crippen molar-refractivity contribution in [2.45, 2.75) is 58.0 Å². The maximum Gasteiger partial charge on any atom is 0.268 e. The van der Waals surface area contributed by atoms with Crippen LogP contribution in [0.3, 0.4) is 0 Å². The van der Waals surface area contributed by atoms with Crippen molar-refractivity contribution in [2.75, 3.05) is 25.0 Å². The predicted octanol–water partition coefficient (Wildman–Crippen LogP) is 4.72. The van der Waals surface area contributed by atoms with Crippen LogP contribution in [0.15, 0.2) is 37.1 Å². The lowest BCUT2D eigenvalue weighted by atomic mass is 10.1. The van der Waals surface area contributed by atoms with Crippen LogP contribution in [-0.4, -0.2) is 80.7 Å². The molecule has 40 heavy (non-hydrogen) atoms. The number of hydrogen-bond donors (Lipinski definition) is 1. The van der Waals surface area contributed by atoms with E-state index in [1.54, 1.807) is 30.7 Å². The summed E-state index contributed by atoms with van der Waals surface area (Å²) in [6.45, 7) is 15.0. The Kier molecular flexibility index (Phi) is 7.94. The van der Waals surface area contributed by atoms with Crippen molar-refractivity contribution >= 4 is 53.3 Å². The molecule has 0 bridgehead atoms. The second kappa shape index (κ2) is 11.1. The number of likely N-dealkylation sites (tertiary alicyclic amines) is 1. The molecule has 212 valence electrons. The van der Waals surface area contributed by atoms with Crippen LogP contribution in [0.2, 0.25) is 23.2 Å². The summed E-state index contributed by atoms with van der Waals surface area (Å²) >= 11 is 7.75. The summed E-state index contributed by atoms with van der Waals surface area (Å²) in [6.07, 6.45) is 5.58. The minimum absolute atomic E-state index is 0.132. The van der Waals surface area contributed by atoms with Gasteiger partial charge in [-0.1, -0.05) is 32.4 Å². The molecule has 5 rings (SSSR count). The molecule has 1 aliphatic heterocycles. The zero-order valence-electron chi connectivity index (χ0n) is 23.4. The van der Waals surface area contributed by atoms with Crippen LogP contribution in [0.1, 0.15) is 25.6 Å². The van der Waals surface area contributed by atoms with Crippen LogP contribution >= 0.6 is 22.9 Å². The number of fused-ring (bicyclic) bond motifs is 1. The lowest BCUT2D eigenvalue weighted by molar-refractivity contribution is -0.125. The van der Waals surface area contributed by atoms with Gasteiger partial charge in [0, 0.05) is 36.9 Å². The number of halogens is 1. The van der Waals surface area contributed by atoms with Gasteiger partial charge in [0.2, 0.25) is 5.88 Å². The minimum atomic E-state index is -1.88. The topological polar surface area (TPSA) is 120 Å². The molecular weight excluding hydrogens is 568 g/mol. The Balaban J connectivity index is 1.36. The van der Waals surface area contributed by atoms with E-state index in [2.05, 4.69) is 69.1 Å². The first-order chi connectivity index (χ1) is 18.9. The smallest absolute Gasteiger partial charge is 0.268 e. The monoisotopic (exact) mass is 600 g/mol. The van der Waals surface area contributed by atoms with Gasteiger partial charge in [0.15, 0.2) is 31.0 Å². The molecule has 1 aliphatic rings. The molecule has 0 aromatic carbocycles. The van der Waals surface area contributed by atoms with Gasteiger partial charge in [-0.15, -0.1) is 11.3 Å². The third-order valence-corrected chi connectivity index (χ3v) is 12.9. The summed E-state index contributed by atoms with van der Waals surface area (Å²) in [5, 5.41) is 8.92. The molecule has 0 unspecified atom stereocenters. The zero-order valence-corrected chi connectivity index (χ0v) is 26.0. The molecular formula is C26H33ClN8O3SSi. The fraction of sp³-hybridized carbons (Fsp3) is 0.462. The van der Waals surface area contributed by atoms with E-state index in [-0.39, 0.29) is 22.9 Å². The van der Waals surface area contributed by atoms with E-state index in [4.69, 9.17) is 20.8 Å². The normalized spacial score (nSPS) is 15.7. The number of carbonyl (C=O) groups is 1. The van der Waals surface area contributed by atoms with Crippen molar-refractivity contribution in [3.63, 3.8) is 0 Å². The van der Waals surface area contributed by atoms with Gasteiger partial charge < -0.3 is 9.16 Å². The summed E-state index contributed by atoms with van der Waals surface area (Å²) in [6, 6.07) is 3.47. The predicted molar refractivity (Wildman–Crippen MR) is 158 cm³/mol. The maximum atomic E-state index is 13.4. The maximum absolute atomic E-state index is 13.4. The van der Waals surface area contributed by atoms with Crippen molar-refractivity contribution in [3.05, 3.63) is 47.0 Å². The van der Waals surface area contributed by atoms with Crippen LogP contribution in [-0.2, 0) is 9.22 Å². The van der Waals surface area contributed by atoms with Crippen LogP contribution in [0, 0.1) is 6.92 Å². The number of anilines is 1. The van der Waals surface area contributed by atoms with Gasteiger partial charge in [0.1, 0.15) is 11.7 Å². The number of hydrogen-bond acceptors (Lipinski definition) is 10. The Bertz CT molecular complexity index is 1520. The first kappa shape index (κ1) is 28.6. The van der Waals surface area contributed by atoms with Gasteiger partial charge in [0.05, 0.1) is 17.3 Å². The first-order valence-electron chi connectivity index (χ1n) is 13.0. The SMILES string of the molecule is Cc1cnc(NC(=O)[C@H](CN2CC(O[Si](C)(C)C(C)(C)C)C2)Oc2ncnc3c2cnn3-c2ncccc2Cl)s1. The summed E-state index contributed by atoms with van der Waals surface area (Å²) in [5.74, 6) is 0.369. The molecule has 1 atom stereocenters. The molecule has 0 spiro atoms. The highest BCUT2D eigenvalue weighted by molar-refractivity contribution is 7.15. The average molecular weight is 601 g/mol. The third kappa shape index (κ3) is 6.03. The van der Waals surface area contributed by atoms with Gasteiger partial charge in [-0.05, 0) is 37.2 Å². The molecule has 1 N–H and O–H groups in total. The summed E-state index contributed by atoms with van der Waals surface area (Å²) < 4.78 is 14.3. The number of nitrogens with one attached hydrogen (secondary N) is 1. The largest absolute Gasteiger partial charge is 0.462 e. The van der Waals surface area contributed by atoms with Gasteiger partial charge in [0.25, 0.3) is 5.91 Å². The highest BCUT2D eigenvalue weighted by Gasteiger charge is 2.42. The molecule has 11 nitrogen and oxygen atoms in total. The molecule has 5 heterocycles. The number of aromatic nitrogens is 6. The van der Waals surface area contributed by atoms with Crippen molar-refractivity contribution in [1.29, 1.82) is 0 Å². The third-order valence-electron chi connectivity index (χ3n) is 7.28. The lowest BCUT2D eigenvalue weighted by Crippen LogP contribution is -2.60. The first-order valence-corrected chi connectivity index (χ1v) is 17.1. The molecule has 1 amide bonds. The van der Waals surface area contributed by atoms with Gasteiger partial charge >= 0.3 is 0 Å². The van der Waals surface area contributed by atoms with E-state index in [9.17, 15) is 4.79 Å². The number of ether oxygens (including phenoxy) is 1. The van der Waals surface area contributed by atoms with Crippen molar-refractivity contribution < 1.29 is 14.0 Å². The van der Waals surface area contributed by atoms with Crippen LogP contribution in [0.25, 0.3) is 16.9 Å². The Morgan fingerprint density at radius 1 is 1.23 bits per heavy atom. The lowest BCUT2D eigenvalue weighted by Gasteiger charge is -2.46. The van der Waals surface area contributed by atoms with E-state index in [0.717, 1.165) is 18.0 Å². The zero-order chi connectivity index (χ0) is 28.7. The van der Waals surface area contributed by atoms with Crippen molar-refractivity contribution in [2.24, 2.45) is 0 Å². The number of pyridine rings is 1. The Morgan fingerprint density at radius 2 is 2.00 bits per heavy atom. The summed E-state index contributed by atoms with van der Waals surface area (Å²) in [4.78, 5) is 33.9. The average Bonchev–Trinajstić information content (AvgIpc) is 3.48. The second-order valence-electron chi connectivity index (χ2n) is 11.4. The Labute approximate surface area is 243 Å².